The Morgan fingerprint density at radius 1 is 1.18 bits per heavy atom. The highest BCUT2D eigenvalue weighted by Gasteiger charge is 2.38. The quantitative estimate of drug-likeness (QED) is 0.554. The molecule has 2 amide bonds. The molecule has 0 bridgehead atoms. The average Bonchev–Trinajstić information content (AvgIpc) is 3.28. The highest BCUT2D eigenvalue weighted by Crippen LogP contribution is 2.28. The summed E-state index contributed by atoms with van der Waals surface area (Å²) in [5.74, 6) is -3.44. The Bertz CT molecular complexity index is 1150. The molecule has 9 heteroatoms. The van der Waals surface area contributed by atoms with Gasteiger partial charge in [-0.2, -0.15) is 0 Å². The number of nitrogens with two attached hydrogens (primary N) is 1. The molecule has 1 aliphatic rings. The minimum atomic E-state index is -2.89. The van der Waals surface area contributed by atoms with E-state index in [1.807, 2.05) is 30.3 Å². The first-order valence-corrected chi connectivity index (χ1v) is 10.6. The lowest BCUT2D eigenvalue weighted by molar-refractivity contribution is -0.120. The summed E-state index contributed by atoms with van der Waals surface area (Å²) in [6.07, 6.45) is 1.45. The number of nitrogens with one attached hydrogen (secondary N) is 1. The van der Waals surface area contributed by atoms with E-state index in [-0.39, 0.29) is 49.8 Å². The number of hydrogen-bond donors (Lipinski definition) is 2. The number of benzene rings is 2. The van der Waals surface area contributed by atoms with E-state index in [0.717, 1.165) is 16.0 Å². The third-order valence-corrected chi connectivity index (χ3v) is 5.48. The molecule has 0 saturated carbocycles. The predicted molar refractivity (Wildman–Crippen MR) is 118 cm³/mol. The second-order valence-corrected chi connectivity index (χ2v) is 8.08. The largest absolute Gasteiger partial charge is 0.444 e. The fraction of sp³-hybridized carbons (Fsp3) is 0.292. The van der Waals surface area contributed by atoms with Crippen LogP contribution in [0.4, 0.5) is 14.5 Å². The van der Waals surface area contributed by atoms with Gasteiger partial charge in [0.05, 0.1) is 13.0 Å². The molecular formula is C24H24F2N4O3. The molecule has 7 nitrogen and oxygen atoms in total. The van der Waals surface area contributed by atoms with Crippen LogP contribution in [0, 0.1) is 0 Å². The Kier molecular flexibility index (Phi) is 6.39. The molecule has 4 rings (SSSR count). The standard InChI is InChI=1S/C24H24F2N4O3/c25-24(26)9-4-10-30(15-24)23(32)20-14-33-22(29-20)17-7-8-18(19(27)12-17)13-28-21(31)11-16-5-2-1-3-6-16/h1-3,5-8,12,14H,4,9-11,13,15,27H2,(H,28,31). The van der Waals surface area contributed by atoms with Crippen LogP contribution in [0.1, 0.15) is 34.5 Å². The van der Waals surface area contributed by atoms with Crippen molar-refractivity contribution in [2.75, 3.05) is 18.8 Å². The summed E-state index contributed by atoms with van der Waals surface area (Å²) < 4.78 is 32.7. The molecule has 0 unspecified atom stereocenters. The highest BCUT2D eigenvalue weighted by atomic mass is 19.3. The summed E-state index contributed by atoms with van der Waals surface area (Å²) in [4.78, 5) is 30.0. The van der Waals surface area contributed by atoms with Crippen molar-refractivity contribution in [1.82, 2.24) is 15.2 Å². The van der Waals surface area contributed by atoms with Crippen LogP contribution < -0.4 is 11.1 Å². The number of nitrogen functional groups attached to an aromatic ring is 1. The van der Waals surface area contributed by atoms with Crippen molar-refractivity contribution in [3.05, 3.63) is 71.6 Å². The number of amides is 2. The number of alkyl halides is 2. The van der Waals surface area contributed by atoms with Crippen LogP contribution >= 0.6 is 0 Å². The molecule has 172 valence electrons. The van der Waals surface area contributed by atoms with Crippen LogP contribution in [0.2, 0.25) is 0 Å². The number of aromatic nitrogens is 1. The fourth-order valence-corrected chi connectivity index (χ4v) is 3.73. The monoisotopic (exact) mass is 454 g/mol. The van der Waals surface area contributed by atoms with Gasteiger partial charge in [-0.1, -0.05) is 36.4 Å². The van der Waals surface area contributed by atoms with Gasteiger partial charge in [-0.25, -0.2) is 13.8 Å². The summed E-state index contributed by atoms with van der Waals surface area (Å²) in [7, 11) is 0. The zero-order valence-electron chi connectivity index (χ0n) is 17.9. The van der Waals surface area contributed by atoms with Gasteiger partial charge in [-0.3, -0.25) is 9.59 Å². The molecule has 2 heterocycles. The smallest absolute Gasteiger partial charge is 0.276 e. The molecule has 0 spiro atoms. The Balaban J connectivity index is 1.38. The SMILES string of the molecule is Nc1cc(-c2nc(C(=O)N3CCCC(F)(F)C3)co2)ccc1CNC(=O)Cc1ccccc1. The van der Waals surface area contributed by atoms with E-state index < -0.39 is 18.4 Å². The minimum absolute atomic E-state index is 0.0291. The van der Waals surface area contributed by atoms with E-state index in [0.29, 0.717) is 11.3 Å². The highest BCUT2D eigenvalue weighted by molar-refractivity contribution is 5.92. The van der Waals surface area contributed by atoms with E-state index in [1.165, 1.54) is 6.26 Å². The molecule has 3 aromatic rings. The lowest BCUT2D eigenvalue weighted by atomic mass is 10.1. The number of oxazole rings is 1. The predicted octanol–water partition coefficient (Wildman–Crippen LogP) is 3.65. The first-order chi connectivity index (χ1) is 15.8. The first kappa shape index (κ1) is 22.4. The topological polar surface area (TPSA) is 101 Å². The first-order valence-electron chi connectivity index (χ1n) is 10.6. The van der Waals surface area contributed by atoms with Crippen LogP contribution in [0.15, 0.2) is 59.2 Å². The van der Waals surface area contributed by atoms with E-state index in [4.69, 9.17) is 10.2 Å². The zero-order valence-corrected chi connectivity index (χ0v) is 17.9. The number of halogens is 2. The molecule has 2 aromatic carbocycles. The number of carbonyl (C=O) groups is 2. The summed E-state index contributed by atoms with van der Waals surface area (Å²) >= 11 is 0. The van der Waals surface area contributed by atoms with Gasteiger partial charge in [-0.05, 0) is 29.7 Å². The summed E-state index contributed by atoms with van der Waals surface area (Å²) in [6, 6.07) is 14.5. The van der Waals surface area contributed by atoms with Crippen molar-refractivity contribution < 1.29 is 22.8 Å². The molecular weight excluding hydrogens is 430 g/mol. The number of likely N-dealkylation sites (tertiary alicyclic amines) is 1. The van der Waals surface area contributed by atoms with Crippen LogP contribution in [0.5, 0.6) is 0 Å². The molecule has 0 aliphatic carbocycles. The van der Waals surface area contributed by atoms with Crippen LogP contribution in [-0.4, -0.2) is 40.7 Å². The molecule has 1 saturated heterocycles. The van der Waals surface area contributed by atoms with Gasteiger partial charge in [0.1, 0.15) is 6.26 Å². The maximum atomic E-state index is 13.6. The Labute approximate surface area is 189 Å². The Hall–Kier alpha value is -3.75. The van der Waals surface area contributed by atoms with Gasteiger partial charge in [0.2, 0.25) is 11.8 Å². The summed E-state index contributed by atoms with van der Waals surface area (Å²) in [5.41, 5.74) is 8.70. The van der Waals surface area contributed by atoms with Crippen LogP contribution in [0.3, 0.4) is 0 Å². The van der Waals surface area contributed by atoms with E-state index in [2.05, 4.69) is 10.3 Å². The van der Waals surface area contributed by atoms with Crippen molar-refractivity contribution in [2.45, 2.75) is 31.7 Å². The van der Waals surface area contributed by atoms with Crippen molar-refractivity contribution >= 4 is 17.5 Å². The third-order valence-electron chi connectivity index (χ3n) is 5.48. The summed E-state index contributed by atoms with van der Waals surface area (Å²) in [5, 5.41) is 2.84. The molecule has 0 atom stereocenters. The zero-order chi connectivity index (χ0) is 23.4. The van der Waals surface area contributed by atoms with Gasteiger partial charge < -0.3 is 20.4 Å². The number of piperidine rings is 1. The number of anilines is 1. The molecule has 1 fully saturated rings. The number of carbonyl (C=O) groups excluding carboxylic acids is 2. The Morgan fingerprint density at radius 3 is 2.70 bits per heavy atom. The molecule has 1 aromatic heterocycles. The van der Waals surface area contributed by atoms with Gasteiger partial charge in [0.15, 0.2) is 5.69 Å². The van der Waals surface area contributed by atoms with Gasteiger partial charge in [0.25, 0.3) is 11.8 Å². The van der Waals surface area contributed by atoms with E-state index in [9.17, 15) is 18.4 Å². The minimum Gasteiger partial charge on any atom is -0.444 e. The second-order valence-electron chi connectivity index (χ2n) is 8.08. The lowest BCUT2D eigenvalue weighted by Crippen LogP contribution is -2.45. The van der Waals surface area contributed by atoms with Crippen LogP contribution in [0.25, 0.3) is 11.5 Å². The molecule has 3 N–H and O–H groups in total. The Morgan fingerprint density at radius 2 is 1.97 bits per heavy atom. The van der Waals surface area contributed by atoms with E-state index in [1.54, 1.807) is 18.2 Å². The normalized spacial score (nSPS) is 15.3. The third kappa shape index (κ3) is 5.54. The lowest BCUT2D eigenvalue weighted by Gasteiger charge is -2.31. The second kappa shape index (κ2) is 9.40. The van der Waals surface area contributed by atoms with Crippen LogP contribution in [-0.2, 0) is 17.8 Å². The van der Waals surface area contributed by atoms with E-state index >= 15 is 0 Å². The number of nitrogens with zero attached hydrogens (tertiary/aromatic N) is 2. The number of rotatable bonds is 6. The maximum absolute atomic E-state index is 13.6. The van der Waals surface area contributed by atoms with Gasteiger partial charge in [-0.15, -0.1) is 0 Å². The van der Waals surface area contributed by atoms with Crippen molar-refractivity contribution in [3.8, 4) is 11.5 Å². The molecule has 33 heavy (non-hydrogen) atoms. The molecule has 1 aliphatic heterocycles. The van der Waals surface area contributed by atoms with Crippen molar-refractivity contribution in [3.63, 3.8) is 0 Å². The number of hydrogen-bond acceptors (Lipinski definition) is 5. The van der Waals surface area contributed by atoms with Crippen molar-refractivity contribution in [2.24, 2.45) is 0 Å². The maximum Gasteiger partial charge on any atom is 0.276 e. The summed E-state index contributed by atoms with van der Waals surface area (Å²) in [6.45, 7) is -0.101. The van der Waals surface area contributed by atoms with Crippen molar-refractivity contribution in [1.29, 1.82) is 0 Å². The van der Waals surface area contributed by atoms with Gasteiger partial charge >= 0.3 is 0 Å². The fourth-order valence-electron chi connectivity index (χ4n) is 3.73. The van der Waals surface area contributed by atoms with Gasteiger partial charge in [0, 0.05) is 30.8 Å². The average molecular weight is 454 g/mol. The molecule has 0 radical (unpaired) electrons.